The van der Waals surface area contributed by atoms with Gasteiger partial charge >= 0.3 is 5.97 Å². The molecule has 1 rings (SSSR count). The van der Waals surface area contributed by atoms with Gasteiger partial charge in [0.05, 0.1) is 12.0 Å². The normalized spacial score (nSPS) is 25.7. The minimum atomic E-state index is -1.43. The number of carboxylic acids is 1. The van der Waals surface area contributed by atoms with Crippen LogP contribution in [0.5, 0.6) is 0 Å². The fraction of sp³-hybridized carbons (Fsp3) is 0.857. The molecule has 0 aromatic heterocycles. The van der Waals surface area contributed by atoms with Gasteiger partial charge in [0.15, 0.2) is 0 Å². The molecule has 0 bridgehead atoms. The molecule has 0 aromatic carbocycles. The van der Waals surface area contributed by atoms with Crippen molar-refractivity contribution in [3.8, 4) is 0 Å². The van der Waals surface area contributed by atoms with Crippen molar-refractivity contribution < 1.29 is 14.3 Å². The van der Waals surface area contributed by atoms with E-state index in [4.69, 9.17) is 10.8 Å². The van der Waals surface area contributed by atoms with Gasteiger partial charge in [-0.25, -0.2) is 4.39 Å². The van der Waals surface area contributed by atoms with Crippen molar-refractivity contribution >= 4 is 5.97 Å². The summed E-state index contributed by atoms with van der Waals surface area (Å²) < 4.78 is 13.2. The number of hydrogen-bond donors (Lipinski definition) is 2. The lowest BCUT2D eigenvalue weighted by Crippen LogP contribution is -2.49. The average Bonchev–Trinajstić information content (AvgIpc) is 2.44. The van der Waals surface area contributed by atoms with E-state index in [-0.39, 0.29) is 6.42 Å². The van der Waals surface area contributed by atoms with E-state index >= 15 is 0 Å². The number of hydrogen-bond acceptors (Lipinski definition) is 2. The monoisotopic (exact) mass is 161 g/mol. The molecule has 1 aliphatic carbocycles. The fourth-order valence-electron chi connectivity index (χ4n) is 1.15. The molecule has 0 aliphatic heterocycles. The predicted octanol–water partition coefficient (Wildman–Crippen LogP) is 0.681. The lowest BCUT2D eigenvalue weighted by molar-refractivity contribution is -0.139. The van der Waals surface area contributed by atoms with Crippen LogP contribution < -0.4 is 5.73 Å². The van der Waals surface area contributed by atoms with Gasteiger partial charge in [-0.1, -0.05) is 0 Å². The van der Waals surface area contributed by atoms with Crippen LogP contribution in [0.1, 0.15) is 26.2 Å². The van der Waals surface area contributed by atoms with Crippen LogP contribution in [-0.4, -0.2) is 22.3 Å². The van der Waals surface area contributed by atoms with Gasteiger partial charge in [0.1, 0.15) is 5.67 Å². The summed E-state index contributed by atoms with van der Waals surface area (Å²) in [5, 5.41) is 8.39. The van der Waals surface area contributed by atoms with Crippen molar-refractivity contribution in [2.45, 2.75) is 37.4 Å². The first kappa shape index (κ1) is 8.46. The lowest BCUT2D eigenvalue weighted by Gasteiger charge is -2.26. The highest BCUT2D eigenvalue weighted by Crippen LogP contribution is 2.48. The molecule has 0 amide bonds. The largest absolute Gasteiger partial charge is 0.481 e. The maximum atomic E-state index is 13.2. The van der Waals surface area contributed by atoms with E-state index < -0.39 is 17.2 Å². The number of halogens is 1. The van der Waals surface area contributed by atoms with E-state index in [1.165, 1.54) is 6.92 Å². The fourth-order valence-corrected chi connectivity index (χ4v) is 1.15. The Labute approximate surface area is 64.4 Å². The summed E-state index contributed by atoms with van der Waals surface area (Å²) in [7, 11) is 0. The highest BCUT2D eigenvalue weighted by Gasteiger charge is 2.56. The zero-order chi connectivity index (χ0) is 8.70. The van der Waals surface area contributed by atoms with Crippen LogP contribution in [0.4, 0.5) is 4.39 Å². The summed E-state index contributed by atoms with van der Waals surface area (Å²) in [6.45, 7) is 1.45. The van der Waals surface area contributed by atoms with Gasteiger partial charge in [-0.3, -0.25) is 4.79 Å². The molecule has 1 fully saturated rings. The molecule has 4 heteroatoms. The second-order valence-electron chi connectivity index (χ2n) is 3.45. The standard InChI is InChI=1S/C7H12FNO2/c1-6(9,4-5(10)11)7(8)2-3-7/h2-4,9H2,1H3,(H,10,11). The van der Waals surface area contributed by atoms with Crippen molar-refractivity contribution in [1.29, 1.82) is 0 Å². The third-order valence-electron chi connectivity index (χ3n) is 2.23. The van der Waals surface area contributed by atoms with Crippen molar-refractivity contribution in [2.75, 3.05) is 0 Å². The number of aliphatic carboxylic acids is 1. The van der Waals surface area contributed by atoms with Gasteiger partial charge in [0.25, 0.3) is 0 Å². The topological polar surface area (TPSA) is 63.3 Å². The van der Waals surface area contributed by atoms with Crippen molar-refractivity contribution in [3.63, 3.8) is 0 Å². The molecule has 3 N–H and O–H groups in total. The van der Waals surface area contributed by atoms with Gasteiger partial charge < -0.3 is 10.8 Å². The summed E-state index contributed by atoms with van der Waals surface area (Å²) in [5.41, 5.74) is 2.88. The molecule has 3 nitrogen and oxygen atoms in total. The second-order valence-corrected chi connectivity index (χ2v) is 3.45. The van der Waals surface area contributed by atoms with Crippen LogP contribution in [0.25, 0.3) is 0 Å². The van der Waals surface area contributed by atoms with Gasteiger partial charge in [0.2, 0.25) is 0 Å². The van der Waals surface area contributed by atoms with E-state index in [0.29, 0.717) is 12.8 Å². The first-order valence-corrected chi connectivity index (χ1v) is 3.57. The van der Waals surface area contributed by atoms with Crippen LogP contribution in [0.2, 0.25) is 0 Å². The Hall–Kier alpha value is -0.640. The zero-order valence-corrected chi connectivity index (χ0v) is 6.43. The van der Waals surface area contributed by atoms with Crippen molar-refractivity contribution in [1.82, 2.24) is 0 Å². The lowest BCUT2D eigenvalue weighted by atomic mass is 9.91. The summed E-state index contributed by atoms with van der Waals surface area (Å²) in [6, 6.07) is 0. The molecule has 11 heavy (non-hydrogen) atoms. The Morgan fingerprint density at radius 3 is 2.55 bits per heavy atom. The highest BCUT2D eigenvalue weighted by molar-refractivity contribution is 5.68. The number of nitrogens with two attached hydrogens (primary N) is 1. The summed E-state index contributed by atoms with van der Waals surface area (Å²) >= 11 is 0. The number of carbonyl (C=O) groups is 1. The van der Waals surface area contributed by atoms with E-state index in [2.05, 4.69) is 0 Å². The highest BCUT2D eigenvalue weighted by atomic mass is 19.1. The number of rotatable bonds is 3. The van der Waals surface area contributed by atoms with Crippen LogP contribution >= 0.6 is 0 Å². The second kappa shape index (κ2) is 2.17. The minimum absolute atomic E-state index is 0.302. The zero-order valence-electron chi connectivity index (χ0n) is 6.43. The molecular weight excluding hydrogens is 149 g/mol. The summed E-state index contributed by atoms with van der Waals surface area (Å²) in [6.07, 6.45) is 0.490. The molecule has 1 aliphatic rings. The molecular formula is C7H12FNO2. The molecule has 64 valence electrons. The Kier molecular flexibility index (Phi) is 1.67. The Morgan fingerprint density at radius 2 is 2.27 bits per heavy atom. The predicted molar refractivity (Wildman–Crippen MR) is 37.9 cm³/mol. The van der Waals surface area contributed by atoms with E-state index in [1.807, 2.05) is 0 Å². The molecule has 1 saturated carbocycles. The van der Waals surface area contributed by atoms with Crippen LogP contribution in [0.3, 0.4) is 0 Å². The van der Waals surface area contributed by atoms with Gasteiger partial charge in [-0.15, -0.1) is 0 Å². The van der Waals surface area contributed by atoms with E-state index in [9.17, 15) is 9.18 Å². The smallest absolute Gasteiger partial charge is 0.305 e. The van der Waals surface area contributed by atoms with Gasteiger partial charge in [-0.2, -0.15) is 0 Å². The molecule has 1 atom stereocenters. The minimum Gasteiger partial charge on any atom is -0.481 e. The summed E-state index contributed by atoms with van der Waals surface area (Å²) in [4.78, 5) is 10.2. The van der Waals surface area contributed by atoms with Gasteiger partial charge in [-0.05, 0) is 19.8 Å². The molecule has 1 unspecified atom stereocenters. The van der Waals surface area contributed by atoms with Gasteiger partial charge in [0, 0.05) is 0 Å². The maximum absolute atomic E-state index is 13.2. The van der Waals surface area contributed by atoms with Crippen molar-refractivity contribution in [3.05, 3.63) is 0 Å². The Bertz CT molecular complexity index is 187. The van der Waals surface area contributed by atoms with E-state index in [0.717, 1.165) is 0 Å². The maximum Gasteiger partial charge on any atom is 0.305 e. The quantitative estimate of drug-likeness (QED) is 0.639. The van der Waals surface area contributed by atoms with Crippen LogP contribution in [0, 0.1) is 0 Å². The molecule has 0 heterocycles. The SMILES string of the molecule is CC(N)(CC(=O)O)C1(F)CC1. The molecule has 0 radical (unpaired) electrons. The number of alkyl halides is 1. The molecule has 0 saturated heterocycles. The van der Waals surface area contributed by atoms with Crippen molar-refractivity contribution in [2.24, 2.45) is 5.73 Å². The molecule has 0 spiro atoms. The Morgan fingerprint density at radius 1 is 1.82 bits per heavy atom. The third-order valence-corrected chi connectivity index (χ3v) is 2.23. The van der Waals surface area contributed by atoms with Crippen LogP contribution in [-0.2, 0) is 4.79 Å². The molecule has 0 aromatic rings. The first-order valence-electron chi connectivity index (χ1n) is 3.57. The number of carboxylic acid groups (broad SMARTS) is 1. The third kappa shape index (κ3) is 1.50. The first-order chi connectivity index (χ1) is 4.87. The Balaban J connectivity index is 2.59. The van der Waals surface area contributed by atoms with E-state index in [1.54, 1.807) is 0 Å². The summed E-state index contributed by atoms with van der Waals surface area (Å²) in [5.74, 6) is -1.04. The van der Waals surface area contributed by atoms with Crippen LogP contribution in [0.15, 0.2) is 0 Å². The average molecular weight is 161 g/mol.